The van der Waals surface area contributed by atoms with Crippen molar-refractivity contribution in [2.45, 2.75) is 12.7 Å². The molecule has 0 saturated heterocycles. The second kappa shape index (κ2) is 8.22. The minimum Gasteiger partial charge on any atom is -0.378 e. The first-order valence-electron chi connectivity index (χ1n) is 9.60. The molecule has 31 heavy (non-hydrogen) atoms. The third-order valence-electron chi connectivity index (χ3n) is 4.94. The van der Waals surface area contributed by atoms with Crippen molar-refractivity contribution < 1.29 is 13.2 Å². The third kappa shape index (κ3) is 4.42. The second-order valence-electron chi connectivity index (χ2n) is 7.27. The molecule has 0 bridgehead atoms. The summed E-state index contributed by atoms with van der Waals surface area (Å²) in [4.78, 5) is 14.5. The van der Waals surface area contributed by atoms with Gasteiger partial charge in [-0.25, -0.2) is 9.97 Å². The smallest absolute Gasteiger partial charge is 0.378 e. The van der Waals surface area contributed by atoms with Gasteiger partial charge in [0.05, 0.1) is 16.8 Å². The third-order valence-corrected chi connectivity index (χ3v) is 4.94. The van der Waals surface area contributed by atoms with Crippen LogP contribution in [0.1, 0.15) is 11.1 Å². The van der Waals surface area contributed by atoms with Crippen molar-refractivity contribution in [2.24, 2.45) is 0 Å². The second-order valence-corrected chi connectivity index (χ2v) is 7.27. The summed E-state index contributed by atoms with van der Waals surface area (Å²) in [5.74, 6) is 0.616. The number of aromatic nitrogens is 3. The summed E-state index contributed by atoms with van der Waals surface area (Å²) in [6.45, 7) is 0.556. The molecule has 8 heteroatoms. The molecule has 0 fully saturated rings. The SMILES string of the molecule is CN(C)c1ccc(CNc2ncnc3cc(-c4ncccc4C(F)(F)F)ccc23)cc1. The Hall–Kier alpha value is -3.68. The molecular formula is C23H20F3N5. The molecule has 0 amide bonds. The number of hydrogen-bond donors (Lipinski definition) is 1. The van der Waals surface area contributed by atoms with E-state index in [0.29, 0.717) is 23.4 Å². The average molecular weight is 423 g/mol. The standard InChI is InChI=1S/C23H20F3N5/c1-31(2)17-8-5-15(6-9-17)13-28-22-18-10-7-16(12-20(18)29-14-30-22)21-19(23(24,25)26)4-3-11-27-21/h3-12,14H,13H2,1-2H3,(H,28,29,30). The van der Waals surface area contributed by atoms with Gasteiger partial charge in [0.1, 0.15) is 12.1 Å². The van der Waals surface area contributed by atoms with Crippen LogP contribution in [0.25, 0.3) is 22.2 Å². The molecule has 0 atom stereocenters. The molecule has 0 aliphatic rings. The average Bonchev–Trinajstić information content (AvgIpc) is 2.77. The number of anilines is 2. The molecule has 1 N–H and O–H groups in total. The van der Waals surface area contributed by atoms with Crippen molar-refractivity contribution in [3.05, 3.63) is 78.2 Å². The first kappa shape index (κ1) is 20.6. The highest BCUT2D eigenvalue weighted by Gasteiger charge is 2.34. The summed E-state index contributed by atoms with van der Waals surface area (Å²) in [5.41, 5.74) is 2.18. The van der Waals surface area contributed by atoms with Crippen molar-refractivity contribution in [2.75, 3.05) is 24.3 Å². The van der Waals surface area contributed by atoms with Crippen LogP contribution in [0.4, 0.5) is 24.7 Å². The molecule has 2 aromatic heterocycles. The van der Waals surface area contributed by atoms with Crippen molar-refractivity contribution in [1.82, 2.24) is 15.0 Å². The van der Waals surface area contributed by atoms with Gasteiger partial charge in [0.15, 0.2) is 0 Å². The van der Waals surface area contributed by atoms with E-state index in [1.807, 2.05) is 43.3 Å². The first-order chi connectivity index (χ1) is 14.8. The van der Waals surface area contributed by atoms with Crippen molar-refractivity contribution >= 4 is 22.4 Å². The summed E-state index contributed by atoms with van der Waals surface area (Å²) in [6.07, 6.45) is -1.74. The van der Waals surface area contributed by atoms with E-state index in [1.54, 1.807) is 18.2 Å². The Morgan fingerprint density at radius 1 is 0.935 bits per heavy atom. The van der Waals surface area contributed by atoms with Crippen LogP contribution < -0.4 is 10.2 Å². The molecule has 0 radical (unpaired) electrons. The van der Waals surface area contributed by atoms with E-state index in [2.05, 4.69) is 20.3 Å². The molecular weight excluding hydrogens is 403 g/mol. The van der Waals surface area contributed by atoms with E-state index in [0.717, 1.165) is 22.7 Å². The lowest BCUT2D eigenvalue weighted by molar-refractivity contribution is -0.137. The van der Waals surface area contributed by atoms with E-state index in [-0.39, 0.29) is 5.69 Å². The van der Waals surface area contributed by atoms with E-state index in [1.165, 1.54) is 18.6 Å². The van der Waals surface area contributed by atoms with E-state index < -0.39 is 11.7 Å². The Labute approximate surface area is 177 Å². The lowest BCUT2D eigenvalue weighted by Gasteiger charge is -2.14. The molecule has 0 aliphatic carbocycles. The summed E-state index contributed by atoms with van der Waals surface area (Å²) in [7, 11) is 3.97. The van der Waals surface area contributed by atoms with Crippen molar-refractivity contribution in [3.63, 3.8) is 0 Å². The quantitative estimate of drug-likeness (QED) is 0.467. The molecule has 0 saturated carbocycles. The molecule has 2 heterocycles. The van der Waals surface area contributed by atoms with Gasteiger partial charge in [-0.1, -0.05) is 18.2 Å². The Balaban J connectivity index is 1.62. The van der Waals surface area contributed by atoms with Gasteiger partial charge in [0.25, 0.3) is 0 Å². The Kier molecular flexibility index (Phi) is 5.46. The van der Waals surface area contributed by atoms with E-state index in [9.17, 15) is 13.2 Å². The highest BCUT2D eigenvalue weighted by atomic mass is 19.4. The zero-order valence-corrected chi connectivity index (χ0v) is 17.0. The van der Waals surface area contributed by atoms with Crippen molar-refractivity contribution in [1.29, 1.82) is 0 Å². The minimum absolute atomic E-state index is 0.119. The maximum absolute atomic E-state index is 13.4. The molecule has 158 valence electrons. The lowest BCUT2D eigenvalue weighted by Crippen LogP contribution is -2.09. The van der Waals surface area contributed by atoms with Gasteiger partial charge in [0, 0.05) is 43.5 Å². The summed E-state index contributed by atoms with van der Waals surface area (Å²) in [6, 6.07) is 15.4. The fraction of sp³-hybridized carbons (Fsp3) is 0.174. The monoisotopic (exact) mass is 423 g/mol. The van der Waals surface area contributed by atoms with Crippen LogP contribution in [-0.4, -0.2) is 29.0 Å². The van der Waals surface area contributed by atoms with E-state index in [4.69, 9.17) is 0 Å². The highest BCUT2D eigenvalue weighted by molar-refractivity contribution is 5.91. The maximum atomic E-state index is 13.4. The van der Waals surface area contributed by atoms with Crippen LogP contribution in [0.15, 0.2) is 67.1 Å². The van der Waals surface area contributed by atoms with Gasteiger partial charge in [-0.05, 0) is 42.0 Å². The Morgan fingerprint density at radius 3 is 2.42 bits per heavy atom. The van der Waals surface area contributed by atoms with Gasteiger partial charge >= 0.3 is 6.18 Å². The molecule has 0 aliphatic heterocycles. The van der Waals surface area contributed by atoms with E-state index >= 15 is 0 Å². The number of halogens is 3. The molecule has 2 aromatic carbocycles. The number of fused-ring (bicyclic) bond motifs is 1. The molecule has 4 rings (SSSR count). The van der Waals surface area contributed by atoms with Crippen molar-refractivity contribution in [3.8, 4) is 11.3 Å². The summed E-state index contributed by atoms with van der Waals surface area (Å²) < 4.78 is 40.1. The fourth-order valence-electron chi connectivity index (χ4n) is 3.31. The van der Waals surface area contributed by atoms with Crippen LogP contribution >= 0.6 is 0 Å². The van der Waals surface area contributed by atoms with Gasteiger partial charge in [-0.2, -0.15) is 13.2 Å². The van der Waals surface area contributed by atoms with Crippen LogP contribution in [0, 0.1) is 0 Å². The van der Waals surface area contributed by atoms with Crippen LogP contribution in [0.2, 0.25) is 0 Å². The fourth-order valence-corrected chi connectivity index (χ4v) is 3.31. The number of hydrogen-bond acceptors (Lipinski definition) is 5. The number of nitrogens with one attached hydrogen (secondary N) is 1. The predicted octanol–water partition coefficient (Wildman–Crippen LogP) is 5.39. The van der Waals surface area contributed by atoms with Crippen LogP contribution in [-0.2, 0) is 12.7 Å². The lowest BCUT2D eigenvalue weighted by atomic mass is 10.0. The van der Waals surface area contributed by atoms with Crippen LogP contribution in [0.3, 0.4) is 0 Å². The number of alkyl halides is 3. The minimum atomic E-state index is -4.49. The van der Waals surface area contributed by atoms with Gasteiger partial charge < -0.3 is 10.2 Å². The topological polar surface area (TPSA) is 53.9 Å². The number of rotatable bonds is 5. The van der Waals surface area contributed by atoms with Gasteiger partial charge in [0.2, 0.25) is 0 Å². The number of benzene rings is 2. The summed E-state index contributed by atoms with van der Waals surface area (Å²) >= 11 is 0. The number of nitrogens with zero attached hydrogens (tertiary/aromatic N) is 4. The predicted molar refractivity (Wildman–Crippen MR) is 116 cm³/mol. The Bertz CT molecular complexity index is 1200. The summed E-state index contributed by atoms with van der Waals surface area (Å²) in [5, 5.41) is 4.01. The molecule has 4 aromatic rings. The zero-order valence-electron chi connectivity index (χ0n) is 17.0. The highest BCUT2D eigenvalue weighted by Crippen LogP contribution is 2.36. The van der Waals surface area contributed by atoms with Gasteiger partial charge in [-0.15, -0.1) is 0 Å². The van der Waals surface area contributed by atoms with Gasteiger partial charge in [-0.3, -0.25) is 4.98 Å². The first-order valence-corrected chi connectivity index (χ1v) is 9.60. The molecule has 0 unspecified atom stereocenters. The number of pyridine rings is 1. The zero-order chi connectivity index (χ0) is 22.0. The maximum Gasteiger partial charge on any atom is 0.418 e. The normalized spacial score (nSPS) is 11.5. The van der Waals surface area contributed by atoms with Crippen LogP contribution in [0.5, 0.6) is 0 Å². The molecule has 5 nitrogen and oxygen atoms in total. The largest absolute Gasteiger partial charge is 0.418 e. The molecule has 0 spiro atoms. The Morgan fingerprint density at radius 2 is 1.71 bits per heavy atom.